The van der Waals surface area contributed by atoms with Crippen LogP contribution < -0.4 is 10.1 Å². The number of nitrogens with zero attached hydrogens (tertiary/aromatic N) is 1. The van der Waals surface area contributed by atoms with E-state index in [2.05, 4.69) is 5.32 Å². The molecule has 1 fully saturated rings. The van der Waals surface area contributed by atoms with Crippen molar-refractivity contribution in [2.75, 3.05) is 23.6 Å². The van der Waals surface area contributed by atoms with Gasteiger partial charge in [-0.2, -0.15) is 0 Å². The number of nitrogens with one attached hydrogen (secondary N) is 1. The number of thioether (sulfide) groups is 1. The number of anilines is 1. The van der Waals surface area contributed by atoms with E-state index in [4.69, 9.17) is 4.74 Å². The van der Waals surface area contributed by atoms with Gasteiger partial charge in [-0.15, -0.1) is 11.8 Å². The molecule has 3 rings (SSSR count). The van der Waals surface area contributed by atoms with Crippen LogP contribution >= 0.6 is 11.8 Å². The molecule has 0 bridgehead atoms. The van der Waals surface area contributed by atoms with Gasteiger partial charge in [-0.3, -0.25) is 9.59 Å². The van der Waals surface area contributed by atoms with Crippen LogP contribution in [0.15, 0.2) is 54.6 Å². The average molecular weight is 385 g/mol. The molecule has 27 heavy (non-hydrogen) atoms. The van der Waals surface area contributed by atoms with E-state index >= 15 is 0 Å². The fourth-order valence-corrected chi connectivity index (χ4v) is 4.10. The molecule has 1 aliphatic rings. The third-order valence-corrected chi connectivity index (χ3v) is 5.35. The van der Waals surface area contributed by atoms with E-state index in [0.717, 1.165) is 17.0 Å². The Morgan fingerprint density at radius 1 is 1.19 bits per heavy atom. The highest BCUT2D eigenvalue weighted by atomic mass is 32.2. The summed E-state index contributed by atoms with van der Waals surface area (Å²) in [7, 11) is 0. The Hall–Kier alpha value is -2.47. The number of aryl methyl sites for hydroxylation is 1. The number of amides is 2. The fraction of sp³-hybridized carbons (Fsp3) is 0.333. The molecule has 0 aromatic heterocycles. The monoisotopic (exact) mass is 384 g/mol. The summed E-state index contributed by atoms with van der Waals surface area (Å²) >= 11 is 1.61. The molecule has 2 aromatic carbocycles. The highest BCUT2D eigenvalue weighted by molar-refractivity contribution is 7.99. The molecule has 142 valence electrons. The number of para-hydroxylation sites is 1. The van der Waals surface area contributed by atoms with Gasteiger partial charge < -0.3 is 15.0 Å². The molecule has 2 aromatic rings. The molecular weight excluding hydrogens is 360 g/mol. The van der Waals surface area contributed by atoms with Gasteiger partial charge in [0.2, 0.25) is 11.8 Å². The Balaban J connectivity index is 1.46. The standard InChI is InChI=1S/C21H24N2O3S/c1-16-7-5-10-18(13-16)26-12-6-11-20(24)23-15-27-14-19(23)21(25)22-17-8-3-2-4-9-17/h2-5,7-10,13,19H,6,11-12,14-15H2,1H3,(H,22,25)/t19-/m0/s1. The Morgan fingerprint density at radius 3 is 2.78 bits per heavy atom. The first-order chi connectivity index (χ1) is 13.1. The van der Waals surface area contributed by atoms with Crippen LogP contribution in [-0.2, 0) is 9.59 Å². The molecule has 0 saturated carbocycles. The van der Waals surface area contributed by atoms with Gasteiger partial charge in [-0.05, 0) is 43.2 Å². The minimum absolute atomic E-state index is 0.000976. The number of carbonyl (C=O) groups is 2. The van der Waals surface area contributed by atoms with E-state index in [1.165, 1.54) is 0 Å². The third-order valence-electron chi connectivity index (χ3n) is 4.34. The number of hydrogen-bond donors (Lipinski definition) is 1. The molecule has 0 aliphatic carbocycles. The Bertz CT molecular complexity index is 782. The van der Waals surface area contributed by atoms with Gasteiger partial charge in [0.25, 0.3) is 0 Å². The second-order valence-electron chi connectivity index (χ2n) is 6.50. The molecule has 0 radical (unpaired) electrons. The molecule has 0 spiro atoms. The minimum atomic E-state index is -0.416. The number of carbonyl (C=O) groups excluding carboxylic acids is 2. The first kappa shape index (κ1) is 19.3. The van der Waals surface area contributed by atoms with E-state index in [1.807, 2.05) is 61.5 Å². The zero-order chi connectivity index (χ0) is 19.1. The third kappa shape index (κ3) is 5.50. The van der Waals surface area contributed by atoms with Gasteiger partial charge in [0.1, 0.15) is 11.8 Å². The molecule has 5 nitrogen and oxygen atoms in total. The zero-order valence-electron chi connectivity index (χ0n) is 15.4. The molecule has 2 amide bonds. The van der Waals surface area contributed by atoms with Crippen molar-refractivity contribution < 1.29 is 14.3 Å². The van der Waals surface area contributed by atoms with Gasteiger partial charge in [0.05, 0.1) is 12.5 Å². The van der Waals surface area contributed by atoms with Crippen LogP contribution in [0.4, 0.5) is 5.69 Å². The number of benzene rings is 2. The highest BCUT2D eigenvalue weighted by Gasteiger charge is 2.34. The second kappa shape index (κ2) is 9.46. The van der Waals surface area contributed by atoms with Crippen LogP contribution in [0.5, 0.6) is 5.75 Å². The lowest BCUT2D eigenvalue weighted by atomic mass is 10.2. The quantitative estimate of drug-likeness (QED) is 0.740. The highest BCUT2D eigenvalue weighted by Crippen LogP contribution is 2.23. The fourth-order valence-electron chi connectivity index (χ4n) is 2.91. The van der Waals surface area contributed by atoms with E-state index in [0.29, 0.717) is 31.1 Å². The second-order valence-corrected chi connectivity index (χ2v) is 7.50. The first-order valence-corrected chi connectivity index (χ1v) is 10.2. The predicted octanol–water partition coefficient (Wildman–Crippen LogP) is 3.69. The summed E-state index contributed by atoms with van der Waals surface area (Å²) in [4.78, 5) is 26.8. The Kier molecular flexibility index (Phi) is 6.76. The minimum Gasteiger partial charge on any atom is -0.494 e. The average Bonchev–Trinajstić information content (AvgIpc) is 3.16. The predicted molar refractivity (Wildman–Crippen MR) is 109 cm³/mol. The molecule has 0 unspecified atom stereocenters. The van der Waals surface area contributed by atoms with E-state index in [-0.39, 0.29) is 11.8 Å². The van der Waals surface area contributed by atoms with Crippen molar-refractivity contribution in [2.24, 2.45) is 0 Å². The van der Waals surface area contributed by atoms with E-state index in [9.17, 15) is 9.59 Å². The van der Waals surface area contributed by atoms with Crippen molar-refractivity contribution in [3.05, 3.63) is 60.2 Å². The summed E-state index contributed by atoms with van der Waals surface area (Å²) in [5, 5.41) is 2.89. The summed E-state index contributed by atoms with van der Waals surface area (Å²) < 4.78 is 5.70. The molecule has 6 heteroatoms. The Morgan fingerprint density at radius 2 is 2.00 bits per heavy atom. The Labute approximate surface area is 164 Å². The van der Waals surface area contributed by atoms with Gasteiger partial charge >= 0.3 is 0 Å². The lowest BCUT2D eigenvalue weighted by Crippen LogP contribution is -2.44. The smallest absolute Gasteiger partial charge is 0.248 e. The van der Waals surface area contributed by atoms with Gasteiger partial charge in [0.15, 0.2) is 0 Å². The number of hydrogen-bond acceptors (Lipinski definition) is 4. The lowest BCUT2D eigenvalue weighted by molar-refractivity contribution is -0.136. The van der Waals surface area contributed by atoms with Crippen molar-refractivity contribution in [3.63, 3.8) is 0 Å². The maximum atomic E-state index is 12.6. The maximum absolute atomic E-state index is 12.6. The maximum Gasteiger partial charge on any atom is 0.248 e. The summed E-state index contributed by atoms with van der Waals surface area (Å²) in [6.45, 7) is 2.50. The summed E-state index contributed by atoms with van der Waals surface area (Å²) in [6, 6.07) is 16.8. The van der Waals surface area contributed by atoms with Crippen molar-refractivity contribution in [1.82, 2.24) is 4.90 Å². The van der Waals surface area contributed by atoms with Crippen molar-refractivity contribution in [1.29, 1.82) is 0 Å². The van der Waals surface area contributed by atoms with Gasteiger partial charge in [0, 0.05) is 17.9 Å². The van der Waals surface area contributed by atoms with Crippen LogP contribution in [0.25, 0.3) is 0 Å². The van der Waals surface area contributed by atoms with E-state index < -0.39 is 6.04 Å². The van der Waals surface area contributed by atoms with Crippen molar-refractivity contribution in [2.45, 2.75) is 25.8 Å². The molecule has 1 aliphatic heterocycles. The van der Waals surface area contributed by atoms with Gasteiger partial charge in [-0.25, -0.2) is 0 Å². The van der Waals surface area contributed by atoms with E-state index in [1.54, 1.807) is 16.7 Å². The largest absolute Gasteiger partial charge is 0.494 e. The van der Waals surface area contributed by atoms with Crippen LogP contribution in [0.2, 0.25) is 0 Å². The molecule has 1 saturated heterocycles. The lowest BCUT2D eigenvalue weighted by Gasteiger charge is -2.23. The topological polar surface area (TPSA) is 58.6 Å². The molecule has 1 N–H and O–H groups in total. The number of rotatable bonds is 7. The zero-order valence-corrected chi connectivity index (χ0v) is 16.2. The van der Waals surface area contributed by atoms with Crippen LogP contribution in [-0.4, -0.2) is 41.0 Å². The SMILES string of the molecule is Cc1cccc(OCCCC(=O)N2CSC[C@H]2C(=O)Nc2ccccc2)c1. The van der Waals surface area contributed by atoms with Crippen molar-refractivity contribution >= 4 is 29.3 Å². The van der Waals surface area contributed by atoms with Crippen LogP contribution in [0.3, 0.4) is 0 Å². The molecule has 1 heterocycles. The summed E-state index contributed by atoms with van der Waals surface area (Å²) in [6.07, 6.45) is 1.00. The van der Waals surface area contributed by atoms with Gasteiger partial charge in [-0.1, -0.05) is 30.3 Å². The number of ether oxygens (including phenoxy) is 1. The van der Waals surface area contributed by atoms with Crippen LogP contribution in [0, 0.1) is 6.92 Å². The summed E-state index contributed by atoms with van der Waals surface area (Å²) in [5.74, 6) is 1.88. The molecular formula is C21H24N2O3S. The summed E-state index contributed by atoms with van der Waals surface area (Å²) in [5.41, 5.74) is 1.89. The van der Waals surface area contributed by atoms with Crippen LogP contribution in [0.1, 0.15) is 18.4 Å². The first-order valence-electron chi connectivity index (χ1n) is 9.06. The molecule has 1 atom stereocenters. The van der Waals surface area contributed by atoms with Crippen molar-refractivity contribution in [3.8, 4) is 5.75 Å². The normalized spacial score (nSPS) is 16.2.